The minimum atomic E-state index is -0.0604. The zero-order valence-electron chi connectivity index (χ0n) is 10.1. The molecule has 0 saturated heterocycles. The van der Waals surface area contributed by atoms with Crippen LogP contribution >= 0.6 is 11.3 Å². The quantitative estimate of drug-likeness (QED) is 0.824. The zero-order valence-corrected chi connectivity index (χ0v) is 10.9. The highest BCUT2D eigenvalue weighted by molar-refractivity contribution is 7.09. The van der Waals surface area contributed by atoms with E-state index in [4.69, 9.17) is 5.73 Å². The van der Waals surface area contributed by atoms with Crippen LogP contribution in [0.25, 0.3) is 0 Å². The number of rotatable bonds is 3. The van der Waals surface area contributed by atoms with Gasteiger partial charge in [0.05, 0.1) is 23.2 Å². The summed E-state index contributed by atoms with van der Waals surface area (Å²) in [5.41, 5.74) is 6.70. The van der Waals surface area contributed by atoms with Gasteiger partial charge in [0.25, 0.3) is 0 Å². The molecule has 1 aromatic heterocycles. The molecule has 0 spiro atoms. The summed E-state index contributed by atoms with van der Waals surface area (Å²) in [7, 11) is 1.81. The Morgan fingerprint density at radius 3 is 2.94 bits per heavy atom. The number of hydrogen-bond donors (Lipinski definition) is 1. The van der Waals surface area contributed by atoms with E-state index >= 15 is 0 Å². The number of carbonyl (C=O) groups is 1. The predicted octanol–water partition coefficient (Wildman–Crippen LogP) is 1.31. The van der Waals surface area contributed by atoms with Gasteiger partial charge in [-0.05, 0) is 13.3 Å². The Bertz CT molecular complexity index is 441. The Morgan fingerprint density at radius 1 is 1.65 bits per heavy atom. The van der Waals surface area contributed by atoms with E-state index < -0.39 is 0 Å². The number of nitrogens with two attached hydrogens (primary N) is 1. The SMILES string of the molecule is Cc1nc(CN(C)C(=O)C2C=CC(N)C2)cs1. The van der Waals surface area contributed by atoms with Gasteiger partial charge in [-0.25, -0.2) is 4.98 Å². The van der Waals surface area contributed by atoms with Crippen LogP contribution in [0.1, 0.15) is 17.1 Å². The molecule has 2 N–H and O–H groups in total. The molecule has 1 amide bonds. The molecule has 4 nitrogen and oxygen atoms in total. The van der Waals surface area contributed by atoms with Crippen LogP contribution in [0.4, 0.5) is 0 Å². The van der Waals surface area contributed by atoms with Crippen LogP contribution in [0.15, 0.2) is 17.5 Å². The molecule has 1 aromatic rings. The van der Waals surface area contributed by atoms with Crippen LogP contribution in [0, 0.1) is 12.8 Å². The largest absolute Gasteiger partial charge is 0.339 e. The Labute approximate surface area is 105 Å². The van der Waals surface area contributed by atoms with E-state index in [1.807, 2.05) is 31.5 Å². The lowest BCUT2D eigenvalue weighted by atomic mass is 10.1. The van der Waals surface area contributed by atoms with Crippen molar-refractivity contribution in [2.75, 3.05) is 7.05 Å². The van der Waals surface area contributed by atoms with Crippen molar-refractivity contribution >= 4 is 17.2 Å². The van der Waals surface area contributed by atoms with Gasteiger partial charge in [-0.3, -0.25) is 4.79 Å². The van der Waals surface area contributed by atoms with E-state index in [1.54, 1.807) is 16.2 Å². The minimum absolute atomic E-state index is 0.0267. The number of amides is 1. The number of nitrogens with zero attached hydrogens (tertiary/aromatic N) is 2. The molecule has 0 bridgehead atoms. The lowest BCUT2D eigenvalue weighted by Crippen LogP contribution is -2.32. The summed E-state index contributed by atoms with van der Waals surface area (Å²) in [6.45, 7) is 2.54. The van der Waals surface area contributed by atoms with E-state index in [0.717, 1.165) is 17.1 Å². The standard InChI is InChI=1S/C12H17N3OS/c1-8-14-11(7-17-8)6-15(2)12(16)9-3-4-10(13)5-9/h3-4,7,9-10H,5-6,13H2,1-2H3. The van der Waals surface area contributed by atoms with Crippen molar-refractivity contribution in [1.29, 1.82) is 0 Å². The van der Waals surface area contributed by atoms with E-state index in [0.29, 0.717) is 6.54 Å². The van der Waals surface area contributed by atoms with Gasteiger partial charge >= 0.3 is 0 Å². The third-order valence-electron chi connectivity index (χ3n) is 2.88. The lowest BCUT2D eigenvalue weighted by molar-refractivity contribution is -0.133. The maximum atomic E-state index is 12.1. The van der Waals surface area contributed by atoms with Gasteiger partial charge < -0.3 is 10.6 Å². The van der Waals surface area contributed by atoms with Crippen LogP contribution in [0.5, 0.6) is 0 Å². The highest BCUT2D eigenvalue weighted by Crippen LogP contribution is 2.19. The van der Waals surface area contributed by atoms with Crippen LogP contribution in [-0.2, 0) is 11.3 Å². The number of thiazole rings is 1. The Balaban J connectivity index is 1.94. The summed E-state index contributed by atoms with van der Waals surface area (Å²) in [6.07, 6.45) is 4.54. The second kappa shape index (κ2) is 4.98. The minimum Gasteiger partial charge on any atom is -0.339 e. The first-order chi connectivity index (χ1) is 8.06. The highest BCUT2D eigenvalue weighted by Gasteiger charge is 2.25. The summed E-state index contributed by atoms with van der Waals surface area (Å²) in [4.78, 5) is 18.2. The first-order valence-corrected chi connectivity index (χ1v) is 6.54. The van der Waals surface area contributed by atoms with E-state index in [1.165, 1.54) is 0 Å². The molecule has 0 radical (unpaired) electrons. The van der Waals surface area contributed by atoms with E-state index in [2.05, 4.69) is 4.98 Å². The van der Waals surface area contributed by atoms with Gasteiger partial charge in [0.2, 0.25) is 5.91 Å². The molecule has 92 valence electrons. The molecule has 1 aliphatic rings. The van der Waals surface area contributed by atoms with Crippen molar-refractivity contribution in [1.82, 2.24) is 9.88 Å². The average Bonchev–Trinajstić information content (AvgIpc) is 2.87. The Kier molecular flexibility index (Phi) is 3.59. The molecule has 0 aromatic carbocycles. The molecule has 0 aliphatic heterocycles. The first-order valence-electron chi connectivity index (χ1n) is 5.66. The summed E-state index contributed by atoms with van der Waals surface area (Å²) in [5.74, 6) is 0.0644. The molecule has 0 fully saturated rings. The molecule has 0 saturated carbocycles. The van der Waals surface area contributed by atoms with Crippen molar-refractivity contribution in [2.24, 2.45) is 11.7 Å². The summed E-state index contributed by atoms with van der Waals surface area (Å²) in [5, 5.41) is 3.03. The third kappa shape index (κ3) is 2.92. The van der Waals surface area contributed by atoms with Crippen molar-refractivity contribution in [3.63, 3.8) is 0 Å². The first kappa shape index (κ1) is 12.3. The van der Waals surface area contributed by atoms with Gasteiger partial charge in [-0.15, -0.1) is 11.3 Å². The molecule has 1 aliphatic carbocycles. The summed E-state index contributed by atoms with van der Waals surface area (Å²) >= 11 is 1.61. The molecular formula is C12H17N3OS. The molecule has 5 heteroatoms. The molecule has 1 heterocycles. The summed E-state index contributed by atoms with van der Waals surface area (Å²) < 4.78 is 0. The molecular weight excluding hydrogens is 234 g/mol. The Hall–Kier alpha value is -1.20. The molecule has 17 heavy (non-hydrogen) atoms. The fourth-order valence-corrected chi connectivity index (χ4v) is 2.60. The topological polar surface area (TPSA) is 59.2 Å². The number of hydrogen-bond acceptors (Lipinski definition) is 4. The normalized spacial score (nSPS) is 23.0. The molecule has 2 rings (SSSR count). The monoisotopic (exact) mass is 251 g/mol. The average molecular weight is 251 g/mol. The van der Waals surface area contributed by atoms with Gasteiger partial charge in [-0.1, -0.05) is 12.2 Å². The molecule has 2 atom stereocenters. The Morgan fingerprint density at radius 2 is 2.41 bits per heavy atom. The van der Waals surface area contributed by atoms with Crippen molar-refractivity contribution in [3.8, 4) is 0 Å². The highest BCUT2D eigenvalue weighted by atomic mass is 32.1. The van der Waals surface area contributed by atoms with Gasteiger partial charge in [0, 0.05) is 18.5 Å². The van der Waals surface area contributed by atoms with Crippen LogP contribution in [-0.4, -0.2) is 28.9 Å². The number of carbonyl (C=O) groups excluding carboxylic acids is 1. The summed E-state index contributed by atoms with van der Waals surface area (Å²) in [6, 6.07) is 0.0267. The fourth-order valence-electron chi connectivity index (χ4n) is 2.00. The molecule has 2 unspecified atom stereocenters. The predicted molar refractivity (Wildman–Crippen MR) is 68.5 cm³/mol. The lowest BCUT2D eigenvalue weighted by Gasteiger charge is -2.19. The van der Waals surface area contributed by atoms with Crippen molar-refractivity contribution < 1.29 is 4.79 Å². The van der Waals surface area contributed by atoms with E-state index in [-0.39, 0.29) is 17.9 Å². The van der Waals surface area contributed by atoms with Gasteiger partial charge in [0.1, 0.15) is 0 Å². The fraction of sp³-hybridized carbons (Fsp3) is 0.500. The number of aromatic nitrogens is 1. The third-order valence-corrected chi connectivity index (χ3v) is 3.70. The number of aryl methyl sites for hydroxylation is 1. The second-order valence-electron chi connectivity index (χ2n) is 4.44. The maximum Gasteiger partial charge on any atom is 0.229 e. The van der Waals surface area contributed by atoms with E-state index in [9.17, 15) is 4.79 Å². The van der Waals surface area contributed by atoms with Gasteiger partial charge in [-0.2, -0.15) is 0 Å². The van der Waals surface area contributed by atoms with Crippen molar-refractivity contribution in [2.45, 2.75) is 25.9 Å². The zero-order chi connectivity index (χ0) is 12.4. The van der Waals surface area contributed by atoms with Crippen LogP contribution in [0.2, 0.25) is 0 Å². The van der Waals surface area contributed by atoms with Crippen LogP contribution < -0.4 is 5.73 Å². The second-order valence-corrected chi connectivity index (χ2v) is 5.51. The van der Waals surface area contributed by atoms with Crippen molar-refractivity contribution in [3.05, 3.63) is 28.2 Å². The van der Waals surface area contributed by atoms with Crippen LogP contribution in [0.3, 0.4) is 0 Å². The smallest absolute Gasteiger partial charge is 0.229 e. The van der Waals surface area contributed by atoms with Gasteiger partial charge in [0.15, 0.2) is 0 Å². The maximum absolute atomic E-state index is 12.1.